The first-order valence-electron chi connectivity index (χ1n) is 8.96. The molecular formula is C21H26N2O3. The van der Waals surface area contributed by atoms with E-state index in [1.165, 1.54) is 0 Å². The van der Waals surface area contributed by atoms with Crippen molar-refractivity contribution in [3.05, 3.63) is 59.7 Å². The molecule has 1 N–H and O–H groups in total. The third kappa shape index (κ3) is 4.35. The quantitative estimate of drug-likeness (QED) is 0.830. The van der Waals surface area contributed by atoms with Crippen molar-refractivity contribution in [1.29, 1.82) is 0 Å². The zero-order valence-corrected chi connectivity index (χ0v) is 15.4. The lowest BCUT2D eigenvalue weighted by Gasteiger charge is -2.18. The van der Waals surface area contributed by atoms with E-state index in [0.717, 1.165) is 42.1 Å². The highest BCUT2D eigenvalue weighted by Gasteiger charge is 2.26. The molecule has 0 aromatic heterocycles. The van der Waals surface area contributed by atoms with Crippen molar-refractivity contribution < 1.29 is 14.3 Å². The Morgan fingerprint density at radius 3 is 2.65 bits per heavy atom. The Morgan fingerprint density at radius 2 is 1.92 bits per heavy atom. The second kappa shape index (κ2) is 8.72. The number of hydrogen-bond acceptors (Lipinski definition) is 4. The zero-order chi connectivity index (χ0) is 18.4. The van der Waals surface area contributed by atoms with E-state index >= 15 is 0 Å². The van der Waals surface area contributed by atoms with E-state index in [9.17, 15) is 4.79 Å². The second-order valence-corrected chi connectivity index (χ2v) is 6.52. The van der Waals surface area contributed by atoms with Gasteiger partial charge in [-0.3, -0.25) is 4.79 Å². The maximum Gasteiger partial charge on any atom is 0.227 e. The standard InChI is InChI=1S/C21H26N2O3/c1-25-19-10-6-9-17(21(19)26-2)14-22-18-11-12-23(15-18)20(24)13-16-7-4-3-5-8-16/h3-10,18,22H,11-15H2,1-2H3. The molecule has 0 aliphatic carbocycles. The Hall–Kier alpha value is -2.53. The summed E-state index contributed by atoms with van der Waals surface area (Å²) in [6, 6.07) is 16.1. The Bertz CT molecular complexity index is 733. The van der Waals surface area contributed by atoms with Gasteiger partial charge in [-0.05, 0) is 18.1 Å². The predicted molar refractivity (Wildman–Crippen MR) is 102 cm³/mol. The van der Waals surface area contributed by atoms with Gasteiger partial charge >= 0.3 is 0 Å². The van der Waals surface area contributed by atoms with Crippen LogP contribution >= 0.6 is 0 Å². The molecule has 1 heterocycles. The molecule has 3 rings (SSSR count). The molecule has 2 aromatic carbocycles. The third-order valence-corrected chi connectivity index (χ3v) is 4.80. The van der Waals surface area contributed by atoms with Crippen molar-refractivity contribution in [2.45, 2.75) is 25.4 Å². The SMILES string of the molecule is COc1cccc(CNC2CCN(C(=O)Cc3ccccc3)C2)c1OC. The molecule has 1 aliphatic rings. The number of benzene rings is 2. The van der Waals surface area contributed by atoms with Crippen molar-refractivity contribution in [2.75, 3.05) is 27.3 Å². The molecule has 2 aromatic rings. The van der Waals surface area contributed by atoms with Crippen LogP contribution in [0.15, 0.2) is 48.5 Å². The van der Waals surface area contributed by atoms with E-state index in [0.29, 0.717) is 19.0 Å². The van der Waals surface area contributed by atoms with Gasteiger partial charge in [-0.2, -0.15) is 0 Å². The highest BCUT2D eigenvalue weighted by atomic mass is 16.5. The minimum Gasteiger partial charge on any atom is -0.493 e. The van der Waals surface area contributed by atoms with Crippen molar-refractivity contribution in [3.63, 3.8) is 0 Å². The third-order valence-electron chi connectivity index (χ3n) is 4.80. The Morgan fingerprint density at radius 1 is 1.12 bits per heavy atom. The van der Waals surface area contributed by atoms with Crippen molar-refractivity contribution in [3.8, 4) is 11.5 Å². The maximum absolute atomic E-state index is 12.5. The number of ether oxygens (including phenoxy) is 2. The number of para-hydroxylation sites is 1. The van der Waals surface area contributed by atoms with Crippen LogP contribution in [0.3, 0.4) is 0 Å². The number of hydrogen-bond donors (Lipinski definition) is 1. The molecule has 1 fully saturated rings. The zero-order valence-electron chi connectivity index (χ0n) is 15.4. The molecule has 1 atom stereocenters. The summed E-state index contributed by atoms with van der Waals surface area (Å²) < 4.78 is 10.8. The number of methoxy groups -OCH3 is 2. The first-order valence-corrected chi connectivity index (χ1v) is 8.96. The summed E-state index contributed by atoms with van der Waals surface area (Å²) in [4.78, 5) is 14.4. The molecular weight excluding hydrogens is 328 g/mol. The fraction of sp³-hybridized carbons (Fsp3) is 0.381. The van der Waals surface area contributed by atoms with Crippen molar-refractivity contribution in [2.24, 2.45) is 0 Å². The number of likely N-dealkylation sites (tertiary alicyclic amines) is 1. The van der Waals surface area contributed by atoms with Crippen LogP contribution in [0.5, 0.6) is 11.5 Å². The topological polar surface area (TPSA) is 50.8 Å². The van der Waals surface area contributed by atoms with Crippen LogP contribution in [0.1, 0.15) is 17.5 Å². The molecule has 138 valence electrons. The molecule has 5 heteroatoms. The van der Waals surface area contributed by atoms with Gasteiger partial charge in [-0.15, -0.1) is 0 Å². The minimum absolute atomic E-state index is 0.194. The highest BCUT2D eigenvalue weighted by Crippen LogP contribution is 2.30. The van der Waals surface area contributed by atoms with E-state index in [2.05, 4.69) is 5.32 Å². The van der Waals surface area contributed by atoms with Gasteiger partial charge < -0.3 is 19.7 Å². The van der Waals surface area contributed by atoms with Gasteiger partial charge in [0.2, 0.25) is 5.91 Å². The summed E-state index contributed by atoms with van der Waals surface area (Å²) in [5.41, 5.74) is 2.12. The number of carbonyl (C=O) groups excluding carboxylic acids is 1. The lowest BCUT2D eigenvalue weighted by Crippen LogP contribution is -2.35. The van der Waals surface area contributed by atoms with Crippen molar-refractivity contribution >= 4 is 5.91 Å². The largest absolute Gasteiger partial charge is 0.493 e. The van der Waals surface area contributed by atoms with E-state index in [1.807, 2.05) is 53.4 Å². The lowest BCUT2D eigenvalue weighted by molar-refractivity contribution is -0.129. The monoisotopic (exact) mass is 354 g/mol. The first-order chi connectivity index (χ1) is 12.7. The number of nitrogens with one attached hydrogen (secondary N) is 1. The molecule has 0 spiro atoms. The molecule has 1 aliphatic heterocycles. The van der Waals surface area contributed by atoms with Crippen LogP contribution in [-0.4, -0.2) is 44.2 Å². The summed E-state index contributed by atoms with van der Waals surface area (Å²) >= 11 is 0. The van der Waals surface area contributed by atoms with Gasteiger partial charge in [0.1, 0.15) is 0 Å². The minimum atomic E-state index is 0.194. The summed E-state index contributed by atoms with van der Waals surface area (Å²) in [5, 5.41) is 3.54. The number of nitrogens with zero attached hydrogens (tertiary/aromatic N) is 1. The van der Waals surface area contributed by atoms with Gasteiger partial charge in [0, 0.05) is 31.2 Å². The molecule has 0 saturated carbocycles. The smallest absolute Gasteiger partial charge is 0.227 e. The number of rotatable bonds is 7. The van der Waals surface area contributed by atoms with Gasteiger partial charge in [-0.25, -0.2) is 0 Å². The van der Waals surface area contributed by atoms with E-state index in [1.54, 1.807) is 14.2 Å². The van der Waals surface area contributed by atoms with E-state index in [4.69, 9.17) is 9.47 Å². The Labute approximate surface area is 154 Å². The van der Waals surface area contributed by atoms with Gasteiger partial charge in [0.25, 0.3) is 0 Å². The lowest BCUT2D eigenvalue weighted by atomic mass is 10.1. The Kier molecular flexibility index (Phi) is 6.12. The van der Waals surface area contributed by atoms with E-state index in [-0.39, 0.29) is 5.91 Å². The molecule has 0 bridgehead atoms. The summed E-state index contributed by atoms with van der Waals surface area (Å²) in [5.74, 6) is 1.69. The van der Waals surface area contributed by atoms with Gasteiger partial charge in [-0.1, -0.05) is 42.5 Å². The molecule has 0 radical (unpaired) electrons. The molecule has 1 saturated heterocycles. The average molecular weight is 354 g/mol. The highest BCUT2D eigenvalue weighted by molar-refractivity contribution is 5.79. The fourth-order valence-electron chi connectivity index (χ4n) is 3.38. The van der Waals surface area contributed by atoms with Crippen LogP contribution in [-0.2, 0) is 17.8 Å². The van der Waals surface area contributed by atoms with Crippen LogP contribution in [0.4, 0.5) is 0 Å². The van der Waals surface area contributed by atoms with Crippen LogP contribution in [0.2, 0.25) is 0 Å². The Balaban J connectivity index is 1.53. The van der Waals surface area contributed by atoms with Gasteiger partial charge in [0.05, 0.1) is 20.6 Å². The number of amides is 1. The molecule has 1 amide bonds. The summed E-state index contributed by atoms with van der Waals surface area (Å²) in [7, 11) is 3.29. The normalized spacial score (nSPS) is 16.5. The first kappa shape index (κ1) is 18.3. The van der Waals surface area contributed by atoms with E-state index < -0.39 is 0 Å². The summed E-state index contributed by atoms with van der Waals surface area (Å²) in [6.07, 6.45) is 1.43. The maximum atomic E-state index is 12.5. The van der Waals surface area contributed by atoms with Gasteiger partial charge in [0.15, 0.2) is 11.5 Å². The summed E-state index contributed by atoms with van der Waals surface area (Å²) in [6.45, 7) is 2.24. The molecule has 1 unspecified atom stereocenters. The van der Waals surface area contributed by atoms with Crippen LogP contribution < -0.4 is 14.8 Å². The van der Waals surface area contributed by atoms with Crippen LogP contribution in [0, 0.1) is 0 Å². The molecule has 26 heavy (non-hydrogen) atoms. The molecule has 5 nitrogen and oxygen atoms in total. The van der Waals surface area contributed by atoms with Crippen molar-refractivity contribution in [1.82, 2.24) is 10.2 Å². The second-order valence-electron chi connectivity index (χ2n) is 6.52. The van der Waals surface area contributed by atoms with Crippen LogP contribution in [0.25, 0.3) is 0 Å². The number of carbonyl (C=O) groups is 1. The average Bonchev–Trinajstić information content (AvgIpc) is 3.16. The fourth-order valence-corrected chi connectivity index (χ4v) is 3.38. The predicted octanol–water partition coefficient (Wildman–Crippen LogP) is 2.64.